The Morgan fingerprint density at radius 3 is 2.57 bits per heavy atom. The highest BCUT2D eigenvalue weighted by molar-refractivity contribution is 8.00. The SMILES string of the molecule is COc1ccc(-c2cc(=O)oc3cc(OCCCN4CCC(C(=O)Nc5ncc(SCc6ncc(C(C)(C)C)o6)s5)CC4)cc(O)c23)cc1. The highest BCUT2D eigenvalue weighted by Crippen LogP contribution is 2.37. The van der Waals surface area contributed by atoms with Crippen molar-refractivity contribution in [3.05, 3.63) is 76.9 Å². The summed E-state index contributed by atoms with van der Waals surface area (Å²) in [6, 6.07) is 11.8. The lowest BCUT2D eigenvalue weighted by Crippen LogP contribution is -2.38. The first-order chi connectivity index (χ1) is 23.6. The monoisotopic (exact) mass is 704 g/mol. The first-order valence-corrected chi connectivity index (χ1v) is 18.0. The number of benzene rings is 2. The van der Waals surface area contributed by atoms with Gasteiger partial charge in [0.25, 0.3) is 0 Å². The highest BCUT2D eigenvalue weighted by Gasteiger charge is 2.26. The minimum atomic E-state index is -0.518. The Labute approximate surface area is 292 Å². The number of ether oxygens (including phenoxy) is 2. The van der Waals surface area contributed by atoms with E-state index < -0.39 is 5.63 Å². The van der Waals surface area contributed by atoms with Gasteiger partial charge in [0.05, 0.1) is 41.5 Å². The maximum atomic E-state index is 13.0. The molecule has 1 saturated heterocycles. The van der Waals surface area contributed by atoms with Gasteiger partial charge < -0.3 is 33.6 Å². The standard InChI is InChI=1S/C36H40N4O7S2/c1-36(2,3)29-19-37-30(47-29)21-48-32-20-38-35(49-32)39-34(43)23-10-13-40(14-11-23)12-5-15-45-25-16-27(41)33-26(18-31(42)46-28(33)17-25)22-6-8-24(44-4)9-7-22/h6-9,16-20,23,41H,5,10-15,21H2,1-4H3,(H,38,39,43). The Morgan fingerprint density at radius 2 is 1.86 bits per heavy atom. The summed E-state index contributed by atoms with van der Waals surface area (Å²) < 4.78 is 23.5. The van der Waals surface area contributed by atoms with Crippen LogP contribution in [0.1, 0.15) is 51.7 Å². The molecule has 13 heteroatoms. The number of thioether (sulfide) groups is 1. The number of carbonyl (C=O) groups is 1. The van der Waals surface area contributed by atoms with Gasteiger partial charge in [0, 0.05) is 41.6 Å². The van der Waals surface area contributed by atoms with Crippen molar-refractivity contribution in [2.75, 3.05) is 38.7 Å². The van der Waals surface area contributed by atoms with Crippen LogP contribution in [0.5, 0.6) is 17.2 Å². The van der Waals surface area contributed by atoms with Gasteiger partial charge in [0.1, 0.15) is 28.6 Å². The number of nitrogens with zero attached hydrogens (tertiary/aromatic N) is 3. The summed E-state index contributed by atoms with van der Waals surface area (Å²) in [5.74, 6) is 3.17. The lowest BCUT2D eigenvalue weighted by atomic mass is 9.94. The van der Waals surface area contributed by atoms with Gasteiger partial charge in [0.15, 0.2) is 5.13 Å². The molecule has 1 fully saturated rings. The Bertz CT molecular complexity index is 1950. The van der Waals surface area contributed by atoms with E-state index in [2.05, 4.69) is 41.0 Å². The fourth-order valence-electron chi connectivity index (χ4n) is 5.68. The smallest absolute Gasteiger partial charge is 0.336 e. The van der Waals surface area contributed by atoms with E-state index in [0.29, 0.717) is 45.8 Å². The summed E-state index contributed by atoms with van der Waals surface area (Å²) >= 11 is 3.05. The van der Waals surface area contributed by atoms with Gasteiger partial charge in [-0.25, -0.2) is 14.8 Å². The number of nitrogens with one attached hydrogen (secondary N) is 1. The molecule has 2 N–H and O–H groups in total. The van der Waals surface area contributed by atoms with Crippen LogP contribution in [-0.4, -0.2) is 59.2 Å². The first kappa shape index (κ1) is 34.5. The van der Waals surface area contributed by atoms with E-state index in [1.54, 1.807) is 55.5 Å². The topological polar surface area (TPSA) is 140 Å². The maximum absolute atomic E-state index is 13.0. The molecule has 0 spiro atoms. The average Bonchev–Trinajstić information content (AvgIpc) is 3.75. The van der Waals surface area contributed by atoms with Crippen molar-refractivity contribution in [1.82, 2.24) is 14.9 Å². The van der Waals surface area contributed by atoms with E-state index in [1.807, 2.05) is 12.1 Å². The largest absolute Gasteiger partial charge is 0.507 e. The molecular weight excluding hydrogens is 665 g/mol. The van der Waals surface area contributed by atoms with Gasteiger partial charge in [-0.3, -0.25) is 4.79 Å². The molecule has 11 nitrogen and oxygen atoms in total. The fourth-order valence-corrected chi connectivity index (χ4v) is 7.41. The van der Waals surface area contributed by atoms with Gasteiger partial charge in [0.2, 0.25) is 11.8 Å². The summed E-state index contributed by atoms with van der Waals surface area (Å²) in [5, 5.41) is 14.9. The number of phenols is 1. The lowest BCUT2D eigenvalue weighted by molar-refractivity contribution is -0.121. The molecule has 0 saturated carbocycles. The second-order valence-electron chi connectivity index (χ2n) is 13.0. The summed E-state index contributed by atoms with van der Waals surface area (Å²) in [6.07, 6.45) is 5.87. The number of piperidine rings is 1. The van der Waals surface area contributed by atoms with E-state index >= 15 is 0 Å². The number of aromatic nitrogens is 2. The Kier molecular flexibility index (Phi) is 10.6. The molecular formula is C36H40N4O7S2. The first-order valence-electron chi connectivity index (χ1n) is 16.2. The Morgan fingerprint density at radius 1 is 1.08 bits per heavy atom. The third kappa shape index (κ3) is 8.64. The van der Waals surface area contributed by atoms with Gasteiger partial charge in [-0.2, -0.15) is 0 Å². The average molecular weight is 705 g/mol. The van der Waals surface area contributed by atoms with Gasteiger partial charge in [-0.1, -0.05) is 44.2 Å². The highest BCUT2D eigenvalue weighted by atomic mass is 32.2. The van der Waals surface area contributed by atoms with E-state index in [1.165, 1.54) is 17.4 Å². The maximum Gasteiger partial charge on any atom is 0.336 e. The molecule has 1 aliphatic heterocycles. The predicted molar refractivity (Wildman–Crippen MR) is 191 cm³/mol. The van der Waals surface area contributed by atoms with Gasteiger partial charge in [-0.15, -0.1) is 11.8 Å². The van der Waals surface area contributed by atoms with Crippen LogP contribution in [0, 0.1) is 5.92 Å². The normalized spacial score (nSPS) is 14.3. The van der Waals surface area contributed by atoms with E-state index in [9.17, 15) is 14.7 Å². The van der Waals surface area contributed by atoms with Crippen LogP contribution in [0.4, 0.5) is 5.13 Å². The fraction of sp³-hybridized carbons (Fsp3) is 0.389. The van der Waals surface area contributed by atoms with Crippen LogP contribution in [-0.2, 0) is 16.0 Å². The molecule has 1 aliphatic rings. The van der Waals surface area contributed by atoms with Crippen LogP contribution in [0.2, 0.25) is 0 Å². The van der Waals surface area contributed by atoms with Crippen molar-refractivity contribution in [3.8, 4) is 28.4 Å². The summed E-state index contributed by atoms with van der Waals surface area (Å²) in [6.45, 7) is 9.15. The van der Waals surface area contributed by atoms with Crippen LogP contribution >= 0.6 is 23.1 Å². The van der Waals surface area contributed by atoms with E-state index in [-0.39, 0.29) is 28.6 Å². The van der Waals surface area contributed by atoms with Gasteiger partial charge in [-0.05, 0) is 50.0 Å². The molecule has 3 aromatic heterocycles. The molecule has 2 aromatic carbocycles. The molecule has 0 bridgehead atoms. The summed E-state index contributed by atoms with van der Waals surface area (Å²) in [7, 11) is 1.59. The molecule has 4 heterocycles. The van der Waals surface area contributed by atoms with Crippen molar-refractivity contribution in [2.45, 2.75) is 55.4 Å². The quantitative estimate of drug-likeness (QED) is 0.0767. The number of amides is 1. The van der Waals surface area contributed by atoms with Crippen LogP contribution in [0.15, 0.2) is 72.7 Å². The van der Waals surface area contributed by atoms with Crippen molar-refractivity contribution in [2.24, 2.45) is 5.92 Å². The number of methoxy groups -OCH3 is 1. The molecule has 49 heavy (non-hydrogen) atoms. The molecule has 5 aromatic rings. The number of anilines is 1. The number of rotatable bonds is 12. The van der Waals surface area contributed by atoms with Crippen LogP contribution < -0.4 is 20.4 Å². The number of likely N-dealkylation sites (tertiary alicyclic amines) is 1. The number of hydrogen-bond acceptors (Lipinski definition) is 12. The number of oxazole rings is 1. The molecule has 258 valence electrons. The zero-order valence-corrected chi connectivity index (χ0v) is 29.6. The molecule has 0 aliphatic carbocycles. The van der Waals surface area contributed by atoms with Crippen molar-refractivity contribution in [1.29, 1.82) is 0 Å². The predicted octanol–water partition coefficient (Wildman–Crippen LogP) is 7.33. The lowest BCUT2D eigenvalue weighted by Gasteiger charge is -2.31. The zero-order valence-electron chi connectivity index (χ0n) is 28.0. The second kappa shape index (κ2) is 15.1. The number of carbonyl (C=O) groups excluding carboxylic acids is 1. The Hall–Kier alpha value is -4.33. The minimum Gasteiger partial charge on any atom is -0.507 e. The number of hydrogen-bond donors (Lipinski definition) is 2. The molecule has 0 radical (unpaired) electrons. The van der Waals surface area contributed by atoms with Crippen molar-refractivity contribution < 1.29 is 28.2 Å². The Balaban J connectivity index is 0.937. The van der Waals surface area contributed by atoms with Crippen molar-refractivity contribution >= 4 is 45.1 Å². The van der Waals surface area contributed by atoms with E-state index in [0.717, 1.165) is 54.4 Å². The third-order valence-electron chi connectivity index (χ3n) is 8.39. The number of phenolic OH excluding ortho intramolecular Hbond substituents is 1. The number of fused-ring (bicyclic) bond motifs is 1. The second-order valence-corrected chi connectivity index (χ2v) is 15.3. The summed E-state index contributed by atoms with van der Waals surface area (Å²) in [5.41, 5.74) is 0.975. The molecule has 0 unspecified atom stereocenters. The van der Waals surface area contributed by atoms with Crippen LogP contribution in [0.25, 0.3) is 22.1 Å². The molecule has 1 amide bonds. The third-order valence-corrected chi connectivity index (χ3v) is 10.5. The van der Waals surface area contributed by atoms with Gasteiger partial charge >= 0.3 is 5.63 Å². The van der Waals surface area contributed by atoms with E-state index in [4.69, 9.17) is 18.3 Å². The van der Waals surface area contributed by atoms with Crippen LogP contribution in [0.3, 0.4) is 0 Å². The molecule has 6 rings (SSSR count). The minimum absolute atomic E-state index is 0.00862. The summed E-state index contributed by atoms with van der Waals surface area (Å²) in [4.78, 5) is 36.4. The number of aromatic hydroxyl groups is 1. The zero-order chi connectivity index (χ0) is 34.5. The van der Waals surface area contributed by atoms with Crippen molar-refractivity contribution in [3.63, 3.8) is 0 Å². The number of thiazole rings is 1. The molecule has 0 atom stereocenters.